The summed E-state index contributed by atoms with van der Waals surface area (Å²) in [6, 6.07) is 19.2. The maximum absolute atomic E-state index is 13.5. The molecule has 0 spiro atoms. The molecule has 0 radical (unpaired) electrons. The topological polar surface area (TPSA) is 78.2 Å². The summed E-state index contributed by atoms with van der Waals surface area (Å²) in [5.41, 5.74) is 2.68. The number of furan rings is 1. The van der Waals surface area contributed by atoms with Gasteiger partial charge in [-0.2, -0.15) is 14.6 Å². The van der Waals surface area contributed by atoms with E-state index >= 15 is 0 Å². The average Bonchev–Trinajstić information content (AvgIpc) is 3.62. The number of hydrogen-bond donors (Lipinski definition) is 0. The molecule has 9 heteroatoms. The van der Waals surface area contributed by atoms with Gasteiger partial charge in [-0.05, 0) is 54.6 Å². The zero-order chi connectivity index (χ0) is 22.4. The first kappa shape index (κ1) is 19.3. The van der Waals surface area contributed by atoms with E-state index in [0.717, 1.165) is 16.8 Å². The lowest BCUT2D eigenvalue weighted by molar-refractivity contribution is 0.577. The van der Waals surface area contributed by atoms with Gasteiger partial charge in [0.1, 0.15) is 11.5 Å². The lowest BCUT2D eigenvalue weighted by atomic mass is 10.1. The Morgan fingerprint density at radius 2 is 1.79 bits per heavy atom. The molecular weight excluding hydrogens is 441 g/mol. The summed E-state index contributed by atoms with van der Waals surface area (Å²) < 4.78 is 22.3. The highest BCUT2D eigenvalue weighted by Crippen LogP contribution is 2.25. The number of nitrogens with zero attached hydrogens (tertiary/aromatic N) is 5. The molecule has 6 rings (SSSR count). The Hall–Kier alpha value is -4.37. The Morgan fingerprint density at radius 1 is 0.970 bits per heavy atom. The van der Waals surface area contributed by atoms with Crippen molar-refractivity contribution in [2.45, 2.75) is 0 Å². The summed E-state index contributed by atoms with van der Waals surface area (Å²) in [5.74, 6) is 0.531. The fraction of sp³-hybridized carbons (Fsp3) is 0. The zero-order valence-electron chi connectivity index (χ0n) is 16.9. The number of hydrogen-bond acceptors (Lipinski definition) is 6. The first-order valence-electron chi connectivity index (χ1n) is 10.0. The van der Waals surface area contributed by atoms with Gasteiger partial charge in [0.25, 0.3) is 5.56 Å². The number of benzene rings is 2. The van der Waals surface area contributed by atoms with E-state index < -0.39 is 0 Å². The van der Waals surface area contributed by atoms with Crippen molar-refractivity contribution >= 4 is 22.4 Å². The molecule has 7 nitrogen and oxygen atoms in total. The molecule has 0 aliphatic heterocycles. The first-order valence-corrected chi connectivity index (χ1v) is 10.8. The van der Waals surface area contributed by atoms with Crippen LogP contribution in [0.2, 0.25) is 0 Å². The molecule has 0 aliphatic carbocycles. The van der Waals surface area contributed by atoms with Crippen LogP contribution >= 0.6 is 11.3 Å². The maximum Gasteiger partial charge on any atom is 0.291 e. The van der Waals surface area contributed by atoms with Crippen LogP contribution in [0.5, 0.6) is 0 Å². The third-order valence-electron chi connectivity index (χ3n) is 5.09. The van der Waals surface area contributed by atoms with Crippen molar-refractivity contribution in [3.8, 4) is 28.5 Å². The Bertz CT molecular complexity index is 1680. The molecule has 0 bridgehead atoms. The Labute approximate surface area is 189 Å². The van der Waals surface area contributed by atoms with Crippen molar-refractivity contribution in [1.29, 1.82) is 0 Å². The quantitative estimate of drug-likeness (QED) is 0.402. The normalized spacial score (nSPS) is 12.1. The van der Waals surface area contributed by atoms with E-state index in [4.69, 9.17) is 9.52 Å². The molecule has 160 valence electrons. The minimum Gasteiger partial charge on any atom is -0.461 e. The Morgan fingerprint density at radius 3 is 2.52 bits per heavy atom. The largest absolute Gasteiger partial charge is 0.461 e. The highest BCUT2D eigenvalue weighted by molar-refractivity contribution is 7.15. The summed E-state index contributed by atoms with van der Waals surface area (Å²) in [4.78, 5) is 17.9. The van der Waals surface area contributed by atoms with Gasteiger partial charge in [0, 0.05) is 17.3 Å². The van der Waals surface area contributed by atoms with Crippen LogP contribution < -0.4 is 10.1 Å². The van der Waals surface area contributed by atoms with Gasteiger partial charge >= 0.3 is 0 Å². The van der Waals surface area contributed by atoms with Gasteiger partial charge in [-0.25, -0.2) is 9.07 Å². The number of para-hydroxylation sites is 1. The fourth-order valence-electron chi connectivity index (χ4n) is 3.52. The van der Waals surface area contributed by atoms with E-state index in [1.54, 1.807) is 35.0 Å². The van der Waals surface area contributed by atoms with Gasteiger partial charge in [-0.1, -0.05) is 29.5 Å². The van der Waals surface area contributed by atoms with Crippen LogP contribution in [-0.4, -0.2) is 24.4 Å². The summed E-state index contributed by atoms with van der Waals surface area (Å²) in [6.07, 6.45) is 5.14. The smallest absolute Gasteiger partial charge is 0.291 e. The maximum atomic E-state index is 13.5. The highest BCUT2D eigenvalue weighted by Gasteiger charge is 2.16. The first-order chi connectivity index (χ1) is 16.2. The highest BCUT2D eigenvalue weighted by atomic mass is 32.1. The second kappa shape index (κ2) is 7.64. The molecule has 4 aromatic heterocycles. The van der Waals surface area contributed by atoms with E-state index in [-0.39, 0.29) is 11.4 Å². The number of halogens is 1. The van der Waals surface area contributed by atoms with Gasteiger partial charge in [0.15, 0.2) is 5.76 Å². The molecule has 6 aromatic rings. The van der Waals surface area contributed by atoms with Crippen LogP contribution in [0.1, 0.15) is 5.56 Å². The molecule has 0 saturated carbocycles. The van der Waals surface area contributed by atoms with Crippen molar-refractivity contribution in [2.75, 3.05) is 0 Å². The molecule has 0 amide bonds. The van der Waals surface area contributed by atoms with Crippen LogP contribution in [-0.2, 0) is 0 Å². The lowest BCUT2D eigenvalue weighted by Crippen LogP contribution is -2.23. The average molecular weight is 455 g/mol. The molecule has 0 N–H and O–H groups in total. The molecule has 0 atom stereocenters. The third kappa shape index (κ3) is 3.44. The second-order valence-electron chi connectivity index (χ2n) is 7.24. The zero-order valence-corrected chi connectivity index (χ0v) is 17.7. The molecule has 0 aliphatic rings. The van der Waals surface area contributed by atoms with E-state index in [1.807, 2.05) is 36.5 Å². The SMILES string of the molecule is O=c1c(=Cc2cn(-c3ccccc3)nc2-c2ccc(F)cc2)sc2nc(-c3ccco3)nn12. The second-order valence-corrected chi connectivity index (χ2v) is 8.25. The van der Waals surface area contributed by atoms with Crippen LogP contribution in [0.15, 0.2) is 88.4 Å². The third-order valence-corrected chi connectivity index (χ3v) is 6.05. The summed E-state index contributed by atoms with van der Waals surface area (Å²) in [5, 5.41) is 9.00. The molecule has 4 heterocycles. The van der Waals surface area contributed by atoms with Crippen molar-refractivity contribution in [3.05, 3.63) is 105 Å². The predicted octanol–water partition coefficient (Wildman–Crippen LogP) is 3.95. The molecule has 0 unspecified atom stereocenters. The molecule has 33 heavy (non-hydrogen) atoms. The van der Waals surface area contributed by atoms with Gasteiger partial charge in [0.05, 0.1) is 16.5 Å². The van der Waals surface area contributed by atoms with Crippen LogP contribution in [0.3, 0.4) is 0 Å². The van der Waals surface area contributed by atoms with Gasteiger partial charge in [0.2, 0.25) is 10.8 Å². The standard InChI is InChI=1S/C24H14FN5O2S/c25-17-10-8-15(9-11-17)21-16(14-29(27-21)18-5-2-1-3-6-18)13-20-23(31)30-24(33-20)26-22(28-30)19-7-4-12-32-19/h1-14H. The summed E-state index contributed by atoms with van der Waals surface area (Å²) in [7, 11) is 0. The van der Waals surface area contributed by atoms with E-state index in [2.05, 4.69) is 10.1 Å². The van der Waals surface area contributed by atoms with E-state index in [0.29, 0.717) is 26.8 Å². The van der Waals surface area contributed by atoms with E-state index in [9.17, 15) is 9.18 Å². The Kier molecular flexibility index (Phi) is 4.48. The van der Waals surface area contributed by atoms with E-state index in [1.165, 1.54) is 34.2 Å². The number of thiazole rings is 1. The number of rotatable bonds is 4. The predicted molar refractivity (Wildman–Crippen MR) is 123 cm³/mol. The summed E-state index contributed by atoms with van der Waals surface area (Å²) in [6.45, 7) is 0. The van der Waals surface area contributed by atoms with Crippen LogP contribution in [0.25, 0.3) is 39.6 Å². The monoisotopic (exact) mass is 455 g/mol. The van der Waals surface area contributed by atoms with Gasteiger partial charge < -0.3 is 4.42 Å². The molecule has 0 fully saturated rings. The Balaban J connectivity index is 1.51. The molecular formula is C24H14FN5O2S. The van der Waals surface area contributed by atoms with Gasteiger partial charge in [-0.3, -0.25) is 4.79 Å². The minimum absolute atomic E-state index is 0.280. The van der Waals surface area contributed by atoms with Crippen LogP contribution in [0.4, 0.5) is 4.39 Å². The molecule has 2 aromatic carbocycles. The minimum atomic E-state index is -0.327. The van der Waals surface area contributed by atoms with Crippen molar-refractivity contribution in [3.63, 3.8) is 0 Å². The number of aromatic nitrogens is 5. The van der Waals surface area contributed by atoms with Gasteiger partial charge in [-0.15, -0.1) is 5.10 Å². The summed E-state index contributed by atoms with van der Waals surface area (Å²) >= 11 is 1.23. The number of fused-ring (bicyclic) bond motifs is 1. The van der Waals surface area contributed by atoms with Crippen LogP contribution in [0, 0.1) is 5.82 Å². The molecule has 0 saturated heterocycles. The van der Waals surface area contributed by atoms with Crippen molar-refractivity contribution in [2.24, 2.45) is 0 Å². The van der Waals surface area contributed by atoms with Crippen molar-refractivity contribution < 1.29 is 8.81 Å². The fourth-order valence-corrected chi connectivity index (χ4v) is 4.42. The van der Waals surface area contributed by atoms with Crippen molar-refractivity contribution in [1.82, 2.24) is 24.4 Å². The lowest BCUT2D eigenvalue weighted by Gasteiger charge is -2.00.